The van der Waals surface area contributed by atoms with Gasteiger partial charge in [-0.25, -0.2) is 0 Å². The molecule has 0 saturated carbocycles. The Kier molecular flexibility index (Phi) is 5.35. The number of aliphatic hydroxyl groups is 3. The van der Waals surface area contributed by atoms with Crippen molar-refractivity contribution in [2.75, 3.05) is 13.7 Å². The minimum Gasteiger partial charge on any atom is -0.391 e. The molecular formula is C6H15NO4. The first kappa shape index (κ1) is 10.8. The molecule has 0 aliphatic rings. The Hall–Kier alpha value is -0.200. The Morgan fingerprint density at radius 1 is 1.36 bits per heavy atom. The van der Waals surface area contributed by atoms with Gasteiger partial charge in [-0.2, -0.15) is 0 Å². The summed E-state index contributed by atoms with van der Waals surface area (Å²) in [4.78, 5) is 0. The van der Waals surface area contributed by atoms with Gasteiger partial charge >= 0.3 is 0 Å². The maximum Gasteiger partial charge on any atom is 0.128 e. The van der Waals surface area contributed by atoms with Gasteiger partial charge in [-0.05, 0) is 0 Å². The van der Waals surface area contributed by atoms with Crippen LogP contribution in [-0.2, 0) is 4.74 Å². The molecule has 0 aromatic carbocycles. The molecule has 11 heavy (non-hydrogen) atoms. The molecule has 0 fully saturated rings. The third-order valence-electron chi connectivity index (χ3n) is 1.27. The van der Waals surface area contributed by atoms with Crippen LogP contribution < -0.4 is 5.73 Å². The molecule has 5 N–H and O–H groups in total. The van der Waals surface area contributed by atoms with E-state index in [1.807, 2.05) is 0 Å². The van der Waals surface area contributed by atoms with E-state index in [1.165, 1.54) is 7.11 Å². The molecule has 0 heterocycles. The van der Waals surface area contributed by atoms with Crippen LogP contribution in [-0.4, -0.2) is 47.5 Å². The standard InChI is InChI=1S/C6H15NO4/c1-11-3-4(8)2-5(9)6(7)10/h4-6,8-10H,2-3,7H2,1H3. The molecule has 0 amide bonds. The first-order valence-corrected chi connectivity index (χ1v) is 3.36. The molecule has 68 valence electrons. The van der Waals surface area contributed by atoms with E-state index in [0.717, 1.165) is 0 Å². The largest absolute Gasteiger partial charge is 0.391 e. The molecule has 0 aromatic heterocycles. The third-order valence-corrected chi connectivity index (χ3v) is 1.27. The molecule has 0 aliphatic carbocycles. The van der Waals surface area contributed by atoms with Gasteiger partial charge in [0, 0.05) is 13.5 Å². The molecule has 0 bridgehead atoms. The molecule has 0 rings (SSSR count). The zero-order chi connectivity index (χ0) is 8.85. The molecule has 0 aliphatic heterocycles. The quantitative estimate of drug-likeness (QED) is 0.354. The number of hydrogen-bond donors (Lipinski definition) is 4. The highest BCUT2D eigenvalue weighted by molar-refractivity contribution is 4.66. The van der Waals surface area contributed by atoms with Crippen LogP contribution in [0.5, 0.6) is 0 Å². The summed E-state index contributed by atoms with van der Waals surface area (Å²) < 4.78 is 4.60. The van der Waals surface area contributed by atoms with E-state index in [0.29, 0.717) is 0 Å². The van der Waals surface area contributed by atoms with E-state index < -0.39 is 18.4 Å². The average Bonchev–Trinajstić information content (AvgIpc) is 1.87. The summed E-state index contributed by atoms with van der Waals surface area (Å²) in [6.45, 7) is 0.129. The summed E-state index contributed by atoms with van der Waals surface area (Å²) >= 11 is 0. The van der Waals surface area contributed by atoms with Crippen molar-refractivity contribution in [3.8, 4) is 0 Å². The van der Waals surface area contributed by atoms with Gasteiger partial charge in [0.2, 0.25) is 0 Å². The van der Waals surface area contributed by atoms with E-state index in [1.54, 1.807) is 0 Å². The predicted molar refractivity (Wildman–Crippen MR) is 38.7 cm³/mol. The van der Waals surface area contributed by atoms with Gasteiger partial charge in [0.25, 0.3) is 0 Å². The molecule has 3 unspecified atom stereocenters. The van der Waals surface area contributed by atoms with Crippen molar-refractivity contribution in [2.45, 2.75) is 24.9 Å². The van der Waals surface area contributed by atoms with Crippen molar-refractivity contribution in [1.29, 1.82) is 0 Å². The van der Waals surface area contributed by atoms with E-state index in [9.17, 15) is 0 Å². The van der Waals surface area contributed by atoms with Gasteiger partial charge < -0.3 is 25.8 Å². The summed E-state index contributed by atoms with van der Waals surface area (Å²) in [5, 5.41) is 26.6. The van der Waals surface area contributed by atoms with Crippen LogP contribution in [0.3, 0.4) is 0 Å². The van der Waals surface area contributed by atoms with Gasteiger partial charge in [0.1, 0.15) is 6.23 Å². The minimum atomic E-state index is -1.30. The fourth-order valence-corrected chi connectivity index (χ4v) is 0.679. The number of nitrogens with two attached hydrogens (primary N) is 1. The summed E-state index contributed by atoms with van der Waals surface area (Å²) in [5.41, 5.74) is 4.93. The second kappa shape index (κ2) is 5.45. The van der Waals surface area contributed by atoms with Crippen LogP contribution in [0.25, 0.3) is 0 Å². The zero-order valence-electron chi connectivity index (χ0n) is 6.47. The lowest BCUT2D eigenvalue weighted by Crippen LogP contribution is -2.37. The number of ether oxygens (including phenoxy) is 1. The van der Waals surface area contributed by atoms with Gasteiger partial charge in [0.15, 0.2) is 0 Å². The molecule has 0 radical (unpaired) electrons. The summed E-state index contributed by atoms with van der Waals surface area (Å²) in [7, 11) is 1.44. The number of methoxy groups -OCH3 is 1. The Balaban J connectivity index is 3.48. The van der Waals surface area contributed by atoms with Crippen molar-refractivity contribution in [3.63, 3.8) is 0 Å². The van der Waals surface area contributed by atoms with Crippen LogP contribution in [0.2, 0.25) is 0 Å². The predicted octanol–water partition coefficient (Wildman–Crippen LogP) is -1.98. The van der Waals surface area contributed by atoms with Crippen LogP contribution in [0.4, 0.5) is 0 Å². The highest BCUT2D eigenvalue weighted by Gasteiger charge is 2.16. The first-order chi connectivity index (χ1) is 5.07. The van der Waals surface area contributed by atoms with Gasteiger partial charge in [-0.15, -0.1) is 0 Å². The highest BCUT2D eigenvalue weighted by Crippen LogP contribution is 1.99. The van der Waals surface area contributed by atoms with Crippen LogP contribution in [0, 0.1) is 0 Å². The van der Waals surface area contributed by atoms with E-state index >= 15 is 0 Å². The second-order valence-corrected chi connectivity index (χ2v) is 2.40. The highest BCUT2D eigenvalue weighted by atomic mass is 16.5. The summed E-state index contributed by atoms with van der Waals surface area (Å²) in [5.74, 6) is 0. The average molecular weight is 165 g/mol. The molecular weight excluding hydrogens is 150 g/mol. The van der Waals surface area contributed by atoms with Crippen molar-refractivity contribution < 1.29 is 20.1 Å². The van der Waals surface area contributed by atoms with Gasteiger partial charge in [-0.3, -0.25) is 0 Å². The first-order valence-electron chi connectivity index (χ1n) is 3.36. The van der Waals surface area contributed by atoms with Crippen molar-refractivity contribution in [3.05, 3.63) is 0 Å². The molecule has 5 heteroatoms. The lowest BCUT2D eigenvalue weighted by atomic mass is 10.1. The second-order valence-electron chi connectivity index (χ2n) is 2.40. The molecule has 3 atom stereocenters. The molecule has 0 aromatic rings. The van der Waals surface area contributed by atoms with E-state index in [2.05, 4.69) is 4.74 Å². The molecule has 5 nitrogen and oxygen atoms in total. The molecule has 0 spiro atoms. The monoisotopic (exact) mass is 165 g/mol. The van der Waals surface area contributed by atoms with Crippen molar-refractivity contribution in [2.24, 2.45) is 5.73 Å². The van der Waals surface area contributed by atoms with Crippen LogP contribution >= 0.6 is 0 Å². The lowest BCUT2D eigenvalue weighted by molar-refractivity contribution is -0.0261. The third kappa shape index (κ3) is 5.11. The van der Waals surface area contributed by atoms with E-state index in [4.69, 9.17) is 21.1 Å². The topological polar surface area (TPSA) is 95.9 Å². The maximum absolute atomic E-state index is 9.02. The SMILES string of the molecule is COCC(O)CC(O)C(N)O. The Morgan fingerprint density at radius 3 is 2.27 bits per heavy atom. The maximum atomic E-state index is 9.02. The van der Waals surface area contributed by atoms with Crippen LogP contribution in [0.1, 0.15) is 6.42 Å². The van der Waals surface area contributed by atoms with Crippen molar-refractivity contribution >= 4 is 0 Å². The Labute approximate surface area is 65.4 Å². The fraction of sp³-hybridized carbons (Fsp3) is 1.00. The number of rotatable bonds is 5. The van der Waals surface area contributed by atoms with Gasteiger partial charge in [-0.1, -0.05) is 0 Å². The van der Waals surface area contributed by atoms with E-state index in [-0.39, 0.29) is 13.0 Å². The normalized spacial score (nSPS) is 19.4. The Morgan fingerprint density at radius 2 is 1.91 bits per heavy atom. The van der Waals surface area contributed by atoms with Crippen molar-refractivity contribution in [1.82, 2.24) is 0 Å². The minimum absolute atomic E-state index is 0.0194. The summed E-state index contributed by atoms with van der Waals surface area (Å²) in [6.07, 6.45) is -3.17. The fourth-order valence-electron chi connectivity index (χ4n) is 0.679. The summed E-state index contributed by atoms with van der Waals surface area (Å²) in [6, 6.07) is 0. The Bertz CT molecular complexity index is 98.6. The number of aliphatic hydroxyl groups excluding tert-OH is 3. The van der Waals surface area contributed by atoms with Crippen LogP contribution in [0.15, 0.2) is 0 Å². The van der Waals surface area contributed by atoms with Gasteiger partial charge in [0.05, 0.1) is 18.8 Å². The lowest BCUT2D eigenvalue weighted by Gasteiger charge is -2.16. The molecule has 0 saturated heterocycles. The zero-order valence-corrected chi connectivity index (χ0v) is 6.47. The number of hydrogen-bond acceptors (Lipinski definition) is 5. The smallest absolute Gasteiger partial charge is 0.128 e.